The molecule has 0 spiro atoms. The van der Waals surface area contributed by atoms with Crippen molar-refractivity contribution in [3.8, 4) is 0 Å². The topological polar surface area (TPSA) is 99.0 Å². The van der Waals surface area contributed by atoms with Crippen molar-refractivity contribution in [2.45, 2.75) is 13.5 Å². The highest BCUT2D eigenvalue weighted by Gasteiger charge is 2.12. The second-order valence-electron chi connectivity index (χ2n) is 4.14. The van der Waals surface area contributed by atoms with E-state index in [0.29, 0.717) is 11.1 Å². The molecule has 1 aromatic carbocycles. The molecular weight excluding hydrogens is 262 g/mol. The van der Waals surface area contributed by atoms with Crippen LogP contribution in [-0.2, 0) is 6.54 Å². The number of nitrogens with one attached hydrogen (secondary N) is 1. The molecule has 1 N–H and O–H groups in total. The number of aryl methyl sites for hydroxylation is 1. The van der Waals surface area contributed by atoms with Crippen molar-refractivity contribution in [3.63, 3.8) is 0 Å². The van der Waals surface area contributed by atoms with E-state index in [0.717, 1.165) is 12.2 Å². The molecule has 0 atom stereocenters. The molecule has 0 fully saturated rings. The molecule has 0 aliphatic rings. The van der Waals surface area contributed by atoms with Gasteiger partial charge in [0.05, 0.1) is 22.9 Å². The van der Waals surface area contributed by atoms with Crippen LogP contribution in [0.2, 0.25) is 0 Å². The fraction of sp³-hybridized carbons (Fsp3) is 0.167. The Hall–Kier alpha value is -2.90. The number of anilines is 2. The monoisotopic (exact) mass is 273 g/mol. The average Bonchev–Trinajstić information content (AvgIpc) is 3.03. The SMILES string of the molecule is CCn1cc(Nc2nc3ccc([N+](=O)[O-])cc3o2)cn1. The molecule has 20 heavy (non-hydrogen) atoms. The lowest BCUT2D eigenvalue weighted by molar-refractivity contribution is -0.384. The summed E-state index contributed by atoms with van der Waals surface area (Å²) in [7, 11) is 0. The van der Waals surface area contributed by atoms with E-state index in [1.54, 1.807) is 16.9 Å². The van der Waals surface area contributed by atoms with Gasteiger partial charge in [-0.3, -0.25) is 14.8 Å². The third-order valence-electron chi connectivity index (χ3n) is 2.79. The molecule has 2 heterocycles. The van der Waals surface area contributed by atoms with Gasteiger partial charge in [0.15, 0.2) is 5.58 Å². The van der Waals surface area contributed by atoms with Gasteiger partial charge in [-0.05, 0) is 13.0 Å². The number of non-ortho nitro benzene ring substituents is 1. The van der Waals surface area contributed by atoms with Crippen LogP contribution in [-0.4, -0.2) is 19.7 Å². The standard InChI is InChI=1S/C12H11N5O3/c1-2-16-7-8(6-13-16)14-12-15-10-4-3-9(17(18)19)5-11(10)20-12/h3-7H,2H2,1H3,(H,14,15). The molecule has 0 radical (unpaired) electrons. The maximum atomic E-state index is 10.7. The Morgan fingerprint density at radius 2 is 2.35 bits per heavy atom. The van der Waals surface area contributed by atoms with Crippen molar-refractivity contribution in [2.24, 2.45) is 0 Å². The molecule has 8 nitrogen and oxygen atoms in total. The number of hydrogen-bond donors (Lipinski definition) is 1. The predicted molar refractivity (Wildman–Crippen MR) is 71.8 cm³/mol. The Balaban J connectivity index is 1.90. The second kappa shape index (κ2) is 4.65. The quantitative estimate of drug-likeness (QED) is 0.579. The van der Waals surface area contributed by atoms with E-state index in [4.69, 9.17) is 4.42 Å². The van der Waals surface area contributed by atoms with E-state index in [1.807, 2.05) is 13.1 Å². The predicted octanol–water partition coefficient (Wildman–Crippen LogP) is 2.70. The van der Waals surface area contributed by atoms with E-state index in [-0.39, 0.29) is 11.7 Å². The van der Waals surface area contributed by atoms with Gasteiger partial charge in [0.1, 0.15) is 5.52 Å². The molecule has 0 saturated carbocycles. The second-order valence-corrected chi connectivity index (χ2v) is 4.14. The van der Waals surface area contributed by atoms with Crippen LogP contribution in [0, 0.1) is 10.1 Å². The van der Waals surface area contributed by atoms with Crippen molar-refractivity contribution < 1.29 is 9.34 Å². The van der Waals surface area contributed by atoms with Gasteiger partial charge in [0.2, 0.25) is 0 Å². The highest BCUT2D eigenvalue weighted by Crippen LogP contribution is 2.25. The lowest BCUT2D eigenvalue weighted by Crippen LogP contribution is -1.92. The summed E-state index contributed by atoms with van der Waals surface area (Å²) >= 11 is 0. The van der Waals surface area contributed by atoms with Gasteiger partial charge in [-0.1, -0.05) is 0 Å². The molecule has 0 bridgehead atoms. The van der Waals surface area contributed by atoms with Crippen LogP contribution in [0.3, 0.4) is 0 Å². The summed E-state index contributed by atoms with van der Waals surface area (Å²) in [6, 6.07) is 4.57. The largest absolute Gasteiger partial charge is 0.423 e. The third-order valence-corrected chi connectivity index (χ3v) is 2.79. The number of fused-ring (bicyclic) bond motifs is 1. The first-order chi connectivity index (χ1) is 9.65. The van der Waals surface area contributed by atoms with Gasteiger partial charge < -0.3 is 9.73 Å². The van der Waals surface area contributed by atoms with Crippen molar-refractivity contribution in [1.29, 1.82) is 0 Å². The Morgan fingerprint density at radius 1 is 1.50 bits per heavy atom. The normalized spacial score (nSPS) is 10.8. The van der Waals surface area contributed by atoms with Gasteiger partial charge in [0, 0.05) is 18.8 Å². The summed E-state index contributed by atoms with van der Waals surface area (Å²) in [6.07, 6.45) is 3.47. The summed E-state index contributed by atoms with van der Waals surface area (Å²) in [4.78, 5) is 14.4. The zero-order chi connectivity index (χ0) is 14.1. The maximum Gasteiger partial charge on any atom is 0.300 e. The minimum atomic E-state index is -0.472. The molecule has 0 aliphatic heterocycles. The van der Waals surface area contributed by atoms with Gasteiger partial charge in [-0.15, -0.1) is 0 Å². The molecular formula is C12H11N5O3. The molecule has 0 amide bonds. The van der Waals surface area contributed by atoms with Crippen LogP contribution < -0.4 is 5.32 Å². The summed E-state index contributed by atoms with van der Waals surface area (Å²) in [5.74, 6) is 0. The van der Waals surface area contributed by atoms with Gasteiger partial charge in [0.25, 0.3) is 11.7 Å². The number of rotatable bonds is 4. The summed E-state index contributed by atoms with van der Waals surface area (Å²) in [5, 5.41) is 17.8. The first-order valence-electron chi connectivity index (χ1n) is 6.00. The summed E-state index contributed by atoms with van der Waals surface area (Å²) in [6.45, 7) is 2.75. The van der Waals surface area contributed by atoms with Gasteiger partial charge in [-0.2, -0.15) is 10.1 Å². The fourth-order valence-corrected chi connectivity index (χ4v) is 1.80. The van der Waals surface area contributed by atoms with Crippen molar-refractivity contribution in [1.82, 2.24) is 14.8 Å². The van der Waals surface area contributed by atoms with E-state index in [1.165, 1.54) is 12.1 Å². The molecule has 0 unspecified atom stereocenters. The lowest BCUT2D eigenvalue weighted by atomic mass is 10.3. The first-order valence-corrected chi connectivity index (χ1v) is 6.00. The lowest BCUT2D eigenvalue weighted by Gasteiger charge is -1.95. The van der Waals surface area contributed by atoms with Crippen LogP contribution in [0.1, 0.15) is 6.92 Å². The van der Waals surface area contributed by atoms with Crippen LogP contribution in [0.15, 0.2) is 35.0 Å². The highest BCUT2D eigenvalue weighted by molar-refractivity contribution is 5.77. The zero-order valence-electron chi connectivity index (χ0n) is 10.6. The fourth-order valence-electron chi connectivity index (χ4n) is 1.80. The molecule has 8 heteroatoms. The number of aromatic nitrogens is 3. The van der Waals surface area contributed by atoms with Crippen molar-refractivity contribution in [2.75, 3.05) is 5.32 Å². The molecule has 0 saturated heterocycles. The summed E-state index contributed by atoms with van der Waals surface area (Å²) < 4.78 is 7.20. The Kier molecular flexibility index (Phi) is 2.82. The van der Waals surface area contributed by atoms with E-state index < -0.39 is 4.92 Å². The molecule has 2 aromatic heterocycles. The molecule has 3 aromatic rings. The number of nitrogens with zero attached hydrogens (tertiary/aromatic N) is 4. The third kappa shape index (κ3) is 2.18. The van der Waals surface area contributed by atoms with Gasteiger partial charge >= 0.3 is 0 Å². The number of benzene rings is 1. The Bertz CT molecular complexity index is 776. The maximum absolute atomic E-state index is 10.7. The molecule has 102 valence electrons. The number of nitro groups is 1. The van der Waals surface area contributed by atoms with E-state index in [9.17, 15) is 10.1 Å². The van der Waals surface area contributed by atoms with Gasteiger partial charge in [-0.25, -0.2) is 0 Å². The number of oxazole rings is 1. The van der Waals surface area contributed by atoms with Crippen LogP contribution in [0.4, 0.5) is 17.4 Å². The Labute approximate surface area is 113 Å². The molecule has 0 aliphatic carbocycles. The Morgan fingerprint density at radius 3 is 3.05 bits per heavy atom. The minimum Gasteiger partial charge on any atom is -0.423 e. The summed E-state index contributed by atoms with van der Waals surface area (Å²) in [5.41, 5.74) is 1.64. The minimum absolute atomic E-state index is 0.0287. The van der Waals surface area contributed by atoms with Crippen molar-refractivity contribution >= 4 is 28.5 Å². The van der Waals surface area contributed by atoms with E-state index >= 15 is 0 Å². The zero-order valence-corrected chi connectivity index (χ0v) is 10.6. The van der Waals surface area contributed by atoms with E-state index in [2.05, 4.69) is 15.4 Å². The molecule has 3 rings (SSSR count). The highest BCUT2D eigenvalue weighted by atomic mass is 16.6. The number of hydrogen-bond acceptors (Lipinski definition) is 6. The van der Waals surface area contributed by atoms with Crippen molar-refractivity contribution in [3.05, 3.63) is 40.7 Å². The van der Waals surface area contributed by atoms with Crippen LogP contribution in [0.25, 0.3) is 11.1 Å². The smallest absolute Gasteiger partial charge is 0.300 e. The van der Waals surface area contributed by atoms with Crippen LogP contribution in [0.5, 0.6) is 0 Å². The van der Waals surface area contributed by atoms with Crippen LogP contribution >= 0.6 is 0 Å². The first kappa shape index (κ1) is 12.2. The average molecular weight is 273 g/mol. The number of nitro benzene ring substituents is 1.